The van der Waals surface area contributed by atoms with Gasteiger partial charge in [-0.25, -0.2) is 8.42 Å². The van der Waals surface area contributed by atoms with Gasteiger partial charge in [-0.3, -0.25) is 4.79 Å². The molecular weight excluding hydrogens is 288 g/mol. The zero-order valence-corrected chi connectivity index (χ0v) is 11.9. The first-order chi connectivity index (χ1) is 8.82. The van der Waals surface area contributed by atoms with Gasteiger partial charge in [0.25, 0.3) is 0 Å². The highest BCUT2D eigenvalue weighted by molar-refractivity contribution is 7.93. The summed E-state index contributed by atoms with van der Waals surface area (Å²) in [5.41, 5.74) is -1.30. The fourth-order valence-corrected chi connectivity index (χ4v) is 5.21. The summed E-state index contributed by atoms with van der Waals surface area (Å²) in [6.07, 6.45) is 1.08. The Bertz CT molecular complexity index is 539. The van der Waals surface area contributed by atoms with Crippen LogP contribution in [0.1, 0.15) is 25.7 Å². The summed E-state index contributed by atoms with van der Waals surface area (Å²) in [6, 6.07) is 3.18. The lowest BCUT2D eigenvalue weighted by Crippen LogP contribution is -2.41. The normalized spacial score (nSPS) is 28.2. The van der Waals surface area contributed by atoms with Gasteiger partial charge in [0.05, 0.1) is 17.3 Å². The molecule has 106 valence electrons. The number of aliphatic carboxylic acids is 1. The van der Waals surface area contributed by atoms with E-state index in [1.165, 1.54) is 6.07 Å². The van der Waals surface area contributed by atoms with Crippen molar-refractivity contribution >= 4 is 27.1 Å². The first-order valence-electron chi connectivity index (χ1n) is 6.04. The van der Waals surface area contributed by atoms with Crippen molar-refractivity contribution in [2.75, 3.05) is 5.75 Å². The minimum absolute atomic E-state index is 0.217. The summed E-state index contributed by atoms with van der Waals surface area (Å²) in [6.45, 7) is 0. The minimum Gasteiger partial charge on any atom is -0.481 e. The summed E-state index contributed by atoms with van der Waals surface area (Å²) in [7, 11) is -3.49. The topological polar surface area (TPSA) is 91.7 Å². The molecule has 1 aromatic heterocycles. The van der Waals surface area contributed by atoms with Crippen molar-refractivity contribution in [3.8, 4) is 0 Å². The fraction of sp³-hybridized carbons (Fsp3) is 0.583. The quantitative estimate of drug-likeness (QED) is 0.880. The summed E-state index contributed by atoms with van der Waals surface area (Å²) < 4.78 is 24.5. The second-order valence-corrected chi connectivity index (χ2v) is 8.19. The Kier molecular flexibility index (Phi) is 3.98. The standard InChI is InChI=1S/C12H16O5S2/c13-11(14)9-3-5-12(15,6-4-9)8-19(16,17)10-2-1-7-18-10/h1-2,7,9,15H,3-6,8H2,(H,13,14). The van der Waals surface area contributed by atoms with Gasteiger partial charge in [0, 0.05) is 0 Å². The number of aliphatic hydroxyl groups is 1. The van der Waals surface area contributed by atoms with Crippen LogP contribution in [-0.4, -0.2) is 36.0 Å². The van der Waals surface area contributed by atoms with E-state index in [9.17, 15) is 18.3 Å². The average Bonchev–Trinajstić information content (AvgIpc) is 2.82. The molecule has 0 bridgehead atoms. The molecule has 1 fully saturated rings. The van der Waals surface area contributed by atoms with Crippen molar-refractivity contribution in [3.63, 3.8) is 0 Å². The molecule has 2 N–H and O–H groups in total. The van der Waals surface area contributed by atoms with Crippen molar-refractivity contribution in [1.82, 2.24) is 0 Å². The van der Waals surface area contributed by atoms with E-state index >= 15 is 0 Å². The SMILES string of the molecule is O=C(O)C1CCC(O)(CS(=O)(=O)c2cccs2)CC1. The van der Waals surface area contributed by atoms with Crippen molar-refractivity contribution < 1.29 is 23.4 Å². The van der Waals surface area contributed by atoms with Gasteiger partial charge in [-0.1, -0.05) is 6.07 Å². The number of carboxylic acid groups (broad SMARTS) is 1. The Morgan fingerprint density at radius 1 is 1.42 bits per heavy atom. The highest BCUT2D eigenvalue weighted by atomic mass is 32.2. The number of rotatable bonds is 4. The van der Waals surface area contributed by atoms with Gasteiger partial charge in [-0.05, 0) is 37.1 Å². The zero-order chi connectivity index (χ0) is 14.1. The number of thiophene rings is 1. The van der Waals surface area contributed by atoms with Crippen LogP contribution < -0.4 is 0 Å². The Labute approximate surface area is 115 Å². The molecule has 1 aliphatic rings. The van der Waals surface area contributed by atoms with Gasteiger partial charge in [-0.15, -0.1) is 11.3 Å². The van der Waals surface area contributed by atoms with E-state index in [2.05, 4.69) is 0 Å². The second-order valence-electron chi connectivity index (χ2n) is 5.03. The van der Waals surface area contributed by atoms with Gasteiger partial charge in [0.15, 0.2) is 9.84 Å². The van der Waals surface area contributed by atoms with Crippen LogP contribution in [0.15, 0.2) is 21.7 Å². The predicted octanol–water partition coefficient (Wildman–Crippen LogP) is 1.53. The molecule has 0 atom stereocenters. The zero-order valence-electron chi connectivity index (χ0n) is 10.3. The maximum absolute atomic E-state index is 12.1. The molecule has 1 saturated carbocycles. The fourth-order valence-electron chi connectivity index (χ4n) is 2.41. The van der Waals surface area contributed by atoms with Crippen molar-refractivity contribution in [1.29, 1.82) is 0 Å². The molecule has 7 heteroatoms. The molecule has 0 aliphatic heterocycles. The smallest absolute Gasteiger partial charge is 0.306 e. The average molecular weight is 304 g/mol. The molecule has 0 unspecified atom stereocenters. The summed E-state index contributed by atoms with van der Waals surface area (Å²) in [5.74, 6) is -1.67. The lowest BCUT2D eigenvalue weighted by molar-refractivity contribution is -0.144. The Hall–Kier alpha value is -0.920. The molecule has 0 spiro atoms. The number of hydrogen-bond donors (Lipinski definition) is 2. The van der Waals surface area contributed by atoms with Crippen LogP contribution in [0.3, 0.4) is 0 Å². The largest absolute Gasteiger partial charge is 0.481 e. The van der Waals surface area contributed by atoms with E-state index in [-0.39, 0.29) is 22.8 Å². The van der Waals surface area contributed by atoms with Crippen LogP contribution in [-0.2, 0) is 14.6 Å². The molecule has 0 amide bonds. The highest BCUT2D eigenvalue weighted by Gasteiger charge is 2.39. The monoisotopic (exact) mass is 304 g/mol. The van der Waals surface area contributed by atoms with Gasteiger partial charge in [0.2, 0.25) is 0 Å². The summed E-state index contributed by atoms with van der Waals surface area (Å²) in [5, 5.41) is 20.9. The van der Waals surface area contributed by atoms with Crippen molar-refractivity contribution in [2.24, 2.45) is 5.92 Å². The number of hydrogen-bond acceptors (Lipinski definition) is 5. The molecule has 5 nitrogen and oxygen atoms in total. The van der Waals surface area contributed by atoms with Crippen LogP contribution in [0, 0.1) is 5.92 Å². The van der Waals surface area contributed by atoms with Gasteiger partial charge < -0.3 is 10.2 Å². The third-order valence-corrected chi connectivity index (χ3v) is 6.90. The Balaban J connectivity index is 2.06. The second kappa shape index (κ2) is 5.22. The molecule has 1 aliphatic carbocycles. The molecule has 1 aromatic rings. The van der Waals surface area contributed by atoms with E-state index in [0.717, 1.165) is 11.3 Å². The van der Waals surface area contributed by atoms with Crippen LogP contribution in [0.4, 0.5) is 0 Å². The van der Waals surface area contributed by atoms with Crippen molar-refractivity contribution in [3.05, 3.63) is 17.5 Å². The Morgan fingerprint density at radius 3 is 2.53 bits per heavy atom. The third-order valence-electron chi connectivity index (χ3n) is 3.53. The van der Waals surface area contributed by atoms with Gasteiger partial charge in [-0.2, -0.15) is 0 Å². The number of carboxylic acids is 1. The summed E-state index contributed by atoms with van der Waals surface area (Å²) >= 11 is 1.13. The van der Waals surface area contributed by atoms with Crippen LogP contribution in [0.25, 0.3) is 0 Å². The maximum Gasteiger partial charge on any atom is 0.306 e. The first kappa shape index (κ1) is 14.5. The van der Waals surface area contributed by atoms with Crippen LogP contribution in [0.5, 0.6) is 0 Å². The van der Waals surface area contributed by atoms with E-state index in [4.69, 9.17) is 5.11 Å². The lowest BCUT2D eigenvalue weighted by Gasteiger charge is -2.34. The predicted molar refractivity (Wildman–Crippen MR) is 70.9 cm³/mol. The number of carbonyl (C=O) groups is 1. The molecule has 1 heterocycles. The van der Waals surface area contributed by atoms with E-state index < -0.39 is 27.3 Å². The molecule has 0 aromatic carbocycles. The van der Waals surface area contributed by atoms with Crippen molar-refractivity contribution in [2.45, 2.75) is 35.5 Å². The Morgan fingerprint density at radius 2 is 2.05 bits per heavy atom. The van der Waals surface area contributed by atoms with Crippen LogP contribution >= 0.6 is 11.3 Å². The molecular formula is C12H16O5S2. The summed E-state index contributed by atoms with van der Waals surface area (Å²) in [4.78, 5) is 10.8. The molecule has 19 heavy (non-hydrogen) atoms. The third kappa shape index (κ3) is 3.34. The van der Waals surface area contributed by atoms with E-state index in [1.54, 1.807) is 11.4 Å². The first-order valence-corrected chi connectivity index (χ1v) is 8.57. The van der Waals surface area contributed by atoms with E-state index in [1.807, 2.05) is 0 Å². The minimum atomic E-state index is -3.49. The molecule has 0 radical (unpaired) electrons. The molecule has 2 rings (SSSR count). The van der Waals surface area contributed by atoms with Crippen LogP contribution in [0.2, 0.25) is 0 Å². The van der Waals surface area contributed by atoms with E-state index in [0.29, 0.717) is 12.8 Å². The maximum atomic E-state index is 12.1. The highest BCUT2D eigenvalue weighted by Crippen LogP contribution is 2.35. The van der Waals surface area contributed by atoms with Gasteiger partial charge >= 0.3 is 5.97 Å². The van der Waals surface area contributed by atoms with Gasteiger partial charge in [0.1, 0.15) is 4.21 Å². The number of sulfone groups is 1. The lowest BCUT2D eigenvalue weighted by atomic mass is 9.80. The molecule has 0 saturated heterocycles.